The molecule has 0 N–H and O–H groups in total. The van der Waals surface area contributed by atoms with Crippen LogP contribution >= 0.6 is 15.9 Å². The summed E-state index contributed by atoms with van der Waals surface area (Å²) in [5, 5.41) is 0. The van der Waals surface area contributed by atoms with Crippen LogP contribution in [-0.4, -0.2) is 42.1 Å². The largest absolute Gasteiger partial charge is 0.486 e. The Balaban J connectivity index is 1.86. The second-order valence-corrected chi connectivity index (χ2v) is 6.79. The number of aldehydes is 1. The van der Waals surface area contributed by atoms with Gasteiger partial charge in [0, 0.05) is 5.56 Å². The van der Waals surface area contributed by atoms with Crippen molar-refractivity contribution in [3.63, 3.8) is 0 Å². The lowest BCUT2D eigenvalue weighted by molar-refractivity contribution is -0.0223. The number of benzene rings is 1. The number of halogens is 1. The van der Waals surface area contributed by atoms with E-state index in [1.54, 1.807) is 23.1 Å². The third-order valence-electron chi connectivity index (χ3n) is 2.89. The van der Waals surface area contributed by atoms with E-state index in [0.29, 0.717) is 24.4 Å². The van der Waals surface area contributed by atoms with Crippen LogP contribution in [0.5, 0.6) is 5.75 Å². The minimum atomic E-state index is -0.489. The fraction of sp³-hybridized carbons (Fsp3) is 0.467. The number of rotatable bonds is 3. The quantitative estimate of drug-likeness (QED) is 0.780. The van der Waals surface area contributed by atoms with E-state index in [0.717, 1.165) is 10.8 Å². The van der Waals surface area contributed by atoms with Gasteiger partial charge in [-0.3, -0.25) is 4.79 Å². The monoisotopic (exact) mass is 355 g/mol. The van der Waals surface area contributed by atoms with Crippen LogP contribution in [0, 0.1) is 0 Å². The van der Waals surface area contributed by atoms with E-state index in [1.165, 1.54) is 0 Å². The van der Waals surface area contributed by atoms with E-state index in [4.69, 9.17) is 9.47 Å². The fourth-order valence-electron chi connectivity index (χ4n) is 1.85. The molecule has 0 unspecified atom stereocenters. The molecule has 5 nitrogen and oxygen atoms in total. The van der Waals surface area contributed by atoms with E-state index in [2.05, 4.69) is 15.9 Å². The standard InChI is InChI=1S/C15H18BrNO4/c1-15(2,3)21-14(19)17-7-11(8-17)20-13-5-4-10(9-18)6-12(13)16/h4-6,9,11H,7-8H2,1-3H3. The van der Waals surface area contributed by atoms with Crippen molar-refractivity contribution in [3.8, 4) is 5.75 Å². The summed E-state index contributed by atoms with van der Waals surface area (Å²) in [6, 6.07) is 5.13. The Hall–Kier alpha value is -1.56. The number of likely N-dealkylation sites (tertiary alicyclic amines) is 1. The summed E-state index contributed by atoms with van der Waals surface area (Å²) in [5.41, 5.74) is 0.0923. The molecule has 1 aliphatic heterocycles. The van der Waals surface area contributed by atoms with Gasteiger partial charge in [0.1, 0.15) is 23.7 Å². The molecule has 1 aromatic carbocycles. The Labute approximate surface area is 132 Å². The molecule has 0 atom stereocenters. The second-order valence-electron chi connectivity index (χ2n) is 5.93. The van der Waals surface area contributed by atoms with Crippen LogP contribution in [0.25, 0.3) is 0 Å². The van der Waals surface area contributed by atoms with Gasteiger partial charge in [0.2, 0.25) is 0 Å². The first-order chi connectivity index (χ1) is 9.78. The zero-order chi connectivity index (χ0) is 15.6. The van der Waals surface area contributed by atoms with Crippen molar-refractivity contribution in [1.82, 2.24) is 4.90 Å². The lowest BCUT2D eigenvalue weighted by atomic mass is 10.1. The molecular weight excluding hydrogens is 338 g/mol. The van der Waals surface area contributed by atoms with Gasteiger partial charge in [-0.2, -0.15) is 0 Å². The van der Waals surface area contributed by atoms with Crippen molar-refractivity contribution >= 4 is 28.3 Å². The molecule has 1 saturated heterocycles. The molecule has 0 saturated carbocycles. The maximum atomic E-state index is 11.8. The molecular formula is C15H18BrNO4. The molecule has 2 rings (SSSR count). The highest BCUT2D eigenvalue weighted by Crippen LogP contribution is 2.28. The normalized spacial score (nSPS) is 15.3. The number of hydrogen-bond acceptors (Lipinski definition) is 4. The summed E-state index contributed by atoms with van der Waals surface area (Å²) in [4.78, 5) is 24.1. The van der Waals surface area contributed by atoms with Crippen molar-refractivity contribution in [2.75, 3.05) is 13.1 Å². The zero-order valence-corrected chi connectivity index (χ0v) is 13.8. The molecule has 21 heavy (non-hydrogen) atoms. The van der Waals surface area contributed by atoms with Crippen LogP contribution in [0.15, 0.2) is 22.7 Å². The van der Waals surface area contributed by atoms with Crippen molar-refractivity contribution in [1.29, 1.82) is 0 Å². The summed E-state index contributed by atoms with van der Waals surface area (Å²) in [7, 11) is 0. The van der Waals surface area contributed by atoms with E-state index in [-0.39, 0.29) is 12.2 Å². The molecule has 1 aliphatic rings. The zero-order valence-electron chi connectivity index (χ0n) is 12.3. The molecule has 1 heterocycles. The minimum absolute atomic E-state index is 0.0594. The van der Waals surface area contributed by atoms with Crippen LogP contribution in [0.3, 0.4) is 0 Å². The Kier molecular flexibility index (Phi) is 4.56. The van der Waals surface area contributed by atoms with Crippen molar-refractivity contribution in [3.05, 3.63) is 28.2 Å². The third-order valence-corrected chi connectivity index (χ3v) is 3.51. The van der Waals surface area contributed by atoms with Gasteiger partial charge in [0.25, 0.3) is 0 Å². The van der Waals surface area contributed by atoms with Crippen LogP contribution < -0.4 is 4.74 Å². The van der Waals surface area contributed by atoms with Gasteiger partial charge in [-0.25, -0.2) is 4.79 Å². The average Bonchev–Trinajstić information content (AvgIpc) is 2.32. The summed E-state index contributed by atoms with van der Waals surface area (Å²) in [6.07, 6.45) is 0.399. The summed E-state index contributed by atoms with van der Waals surface area (Å²) >= 11 is 3.36. The van der Waals surface area contributed by atoms with Crippen LogP contribution in [0.1, 0.15) is 31.1 Å². The summed E-state index contributed by atoms with van der Waals surface area (Å²) in [5.74, 6) is 0.662. The molecule has 6 heteroatoms. The van der Waals surface area contributed by atoms with E-state index in [1.807, 2.05) is 20.8 Å². The number of nitrogens with zero attached hydrogens (tertiary/aromatic N) is 1. The number of carbonyl (C=O) groups excluding carboxylic acids is 2. The Morgan fingerprint density at radius 1 is 1.38 bits per heavy atom. The highest BCUT2D eigenvalue weighted by atomic mass is 79.9. The summed E-state index contributed by atoms with van der Waals surface area (Å²) < 4.78 is 11.8. The molecule has 1 fully saturated rings. The van der Waals surface area contributed by atoms with Gasteiger partial charge >= 0.3 is 6.09 Å². The second kappa shape index (κ2) is 6.05. The summed E-state index contributed by atoms with van der Waals surface area (Å²) in [6.45, 7) is 6.51. The smallest absolute Gasteiger partial charge is 0.410 e. The van der Waals surface area contributed by atoms with Gasteiger partial charge in [0.15, 0.2) is 0 Å². The predicted octanol–water partition coefficient (Wildman–Crippen LogP) is 3.26. The predicted molar refractivity (Wildman–Crippen MR) is 81.8 cm³/mol. The number of amides is 1. The fourth-order valence-corrected chi connectivity index (χ4v) is 2.34. The molecule has 0 aliphatic carbocycles. The van der Waals surface area contributed by atoms with E-state index >= 15 is 0 Å². The Morgan fingerprint density at radius 2 is 2.05 bits per heavy atom. The topological polar surface area (TPSA) is 55.8 Å². The highest BCUT2D eigenvalue weighted by Gasteiger charge is 2.35. The van der Waals surface area contributed by atoms with Crippen molar-refractivity contribution < 1.29 is 19.1 Å². The SMILES string of the molecule is CC(C)(C)OC(=O)N1CC(Oc2ccc(C=O)cc2Br)C1. The van der Waals surface area contributed by atoms with E-state index in [9.17, 15) is 9.59 Å². The molecule has 0 spiro atoms. The Morgan fingerprint density at radius 3 is 2.57 bits per heavy atom. The first-order valence-corrected chi connectivity index (χ1v) is 7.47. The lowest BCUT2D eigenvalue weighted by Crippen LogP contribution is -2.57. The van der Waals surface area contributed by atoms with E-state index < -0.39 is 5.60 Å². The third kappa shape index (κ3) is 4.20. The van der Waals surface area contributed by atoms with Crippen molar-refractivity contribution in [2.24, 2.45) is 0 Å². The van der Waals surface area contributed by atoms with Gasteiger partial charge in [-0.05, 0) is 54.9 Å². The number of hydrogen-bond donors (Lipinski definition) is 0. The molecule has 114 valence electrons. The molecule has 1 amide bonds. The molecule has 0 aromatic heterocycles. The minimum Gasteiger partial charge on any atom is -0.486 e. The number of carbonyl (C=O) groups is 2. The Bertz CT molecular complexity index is 547. The average molecular weight is 356 g/mol. The highest BCUT2D eigenvalue weighted by molar-refractivity contribution is 9.10. The van der Waals surface area contributed by atoms with Crippen molar-refractivity contribution in [2.45, 2.75) is 32.5 Å². The molecule has 0 radical (unpaired) electrons. The van der Waals surface area contributed by atoms with Gasteiger partial charge in [0.05, 0.1) is 17.6 Å². The lowest BCUT2D eigenvalue weighted by Gasteiger charge is -2.39. The van der Waals surface area contributed by atoms with Crippen LogP contribution in [-0.2, 0) is 4.74 Å². The van der Waals surface area contributed by atoms with Crippen LogP contribution in [0.4, 0.5) is 4.79 Å². The molecule has 0 bridgehead atoms. The van der Waals surface area contributed by atoms with Crippen LogP contribution in [0.2, 0.25) is 0 Å². The maximum absolute atomic E-state index is 11.8. The van der Waals surface area contributed by atoms with Gasteiger partial charge in [-0.1, -0.05) is 0 Å². The number of ether oxygens (including phenoxy) is 2. The first kappa shape index (κ1) is 15.8. The first-order valence-electron chi connectivity index (χ1n) is 6.68. The van der Waals surface area contributed by atoms with Gasteiger partial charge in [-0.15, -0.1) is 0 Å². The molecule has 1 aromatic rings. The van der Waals surface area contributed by atoms with Gasteiger partial charge < -0.3 is 14.4 Å². The maximum Gasteiger partial charge on any atom is 0.410 e.